The summed E-state index contributed by atoms with van der Waals surface area (Å²) >= 11 is 0. The second-order valence-electron chi connectivity index (χ2n) is 3.79. The van der Waals surface area contributed by atoms with E-state index in [1.165, 1.54) is 6.42 Å². The van der Waals surface area contributed by atoms with Crippen LogP contribution in [0.2, 0.25) is 0 Å². The second-order valence-corrected chi connectivity index (χ2v) is 3.79. The monoisotopic (exact) mass is 208 g/mol. The molecule has 1 aliphatic carbocycles. The first kappa shape index (κ1) is 12.0. The Kier molecular flexibility index (Phi) is 5.83. The van der Waals surface area contributed by atoms with Gasteiger partial charge in [-0.3, -0.25) is 4.79 Å². The van der Waals surface area contributed by atoms with Gasteiger partial charge in [0.15, 0.2) is 0 Å². The van der Waals surface area contributed by atoms with Crippen molar-refractivity contribution in [3.63, 3.8) is 0 Å². The van der Waals surface area contributed by atoms with Crippen LogP contribution in [0.15, 0.2) is 24.3 Å². The van der Waals surface area contributed by atoms with Gasteiger partial charge >= 0.3 is 5.97 Å². The summed E-state index contributed by atoms with van der Waals surface area (Å²) in [6.07, 6.45) is 13.6. The lowest BCUT2D eigenvalue weighted by atomic mass is 9.99. The zero-order chi connectivity index (χ0) is 10.9. The van der Waals surface area contributed by atoms with Crippen molar-refractivity contribution in [2.75, 3.05) is 6.61 Å². The zero-order valence-electron chi connectivity index (χ0n) is 9.45. The van der Waals surface area contributed by atoms with E-state index in [-0.39, 0.29) is 11.9 Å². The largest absolute Gasteiger partial charge is 0.466 e. The molecule has 0 radical (unpaired) electrons. The Hall–Kier alpha value is -1.05. The summed E-state index contributed by atoms with van der Waals surface area (Å²) in [6, 6.07) is 0. The highest BCUT2D eigenvalue weighted by atomic mass is 16.5. The van der Waals surface area contributed by atoms with Gasteiger partial charge in [-0.1, -0.05) is 24.3 Å². The first-order valence-electron chi connectivity index (χ1n) is 5.81. The van der Waals surface area contributed by atoms with E-state index in [0.29, 0.717) is 6.61 Å². The van der Waals surface area contributed by atoms with Crippen molar-refractivity contribution in [3.8, 4) is 0 Å². The molecule has 0 bridgehead atoms. The third-order valence-corrected chi connectivity index (χ3v) is 2.54. The van der Waals surface area contributed by atoms with Gasteiger partial charge in [-0.25, -0.2) is 0 Å². The second kappa shape index (κ2) is 7.27. The fraction of sp³-hybridized carbons (Fsp3) is 0.615. The number of carbonyl (C=O) groups is 1. The van der Waals surface area contributed by atoms with Crippen molar-refractivity contribution >= 4 is 5.97 Å². The average Bonchev–Trinajstić information content (AvgIpc) is 2.26. The molecule has 2 heteroatoms. The van der Waals surface area contributed by atoms with Crippen LogP contribution in [0.3, 0.4) is 0 Å². The SMILES string of the molecule is CCOC(=O)C1CC=CCCCC=CC1. The number of carbonyl (C=O) groups excluding carboxylic acids is 1. The van der Waals surface area contributed by atoms with Gasteiger partial charge in [-0.05, 0) is 39.0 Å². The van der Waals surface area contributed by atoms with E-state index >= 15 is 0 Å². The molecule has 1 aliphatic rings. The van der Waals surface area contributed by atoms with E-state index in [4.69, 9.17) is 4.74 Å². The van der Waals surface area contributed by atoms with E-state index in [0.717, 1.165) is 25.7 Å². The number of hydrogen-bond donors (Lipinski definition) is 0. The maximum absolute atomic E-state index is 11.6. The Balaban J connectivity index is 2.50. The van der Waals surface area contributed by atoms with Gasteiger partial charge in [-0.2, -0.15) is 0 Å². The minimum Gasteiger partial charge on any atom is -0.466 e. The molecule has 1 rings (SSSR count). The predicted octanol–water partition coefficient (Wildman–Crippen LogP) is 3.24. The normalized spacial score (nSPS) is 22.3. The van der Waals surface area contributed by atoms with E-state index in [1.54, 1.807) is 0 Å². The lowest BCUT2D eigenvalue weighted by Gasteiger charge is -2.12. The Morgan fingerprint density at radius 2 is 1.80 bits per heavy atom. The molecule has 0 unspecified atom stereocenters. The summed E-state index contributed by atoms with van der Waals surface area (Å²) in [6.45, 7) is 2.33. The van der Waals surface area contributed by atoms with E-state index in [1.807, 2.05) is 6.92 Å². The fourth-order valence-electron chi connectivity index (χ4n) is 1.66. The lowest BCUT2D eigenvalue weighted by Crippen LogP contribution is -2.16. The molecule has 0 atom stereocenters. The predicted molar refractivity (Wildman–Crippen MR) is 61.5 cm³/mol. The number of hydrogen-bond acceptors (Lipinski definition) is 2. The minimum atomic E-state index is -0.0626. The van der Waals surface area contributed by atoms with E-state index in [2.05, 4.69) is 24.3 Å². The van der Waals surface area contributed by atoms with Crippen molar-refractivity contribution in [2.24, 2.45) is 5.92 Å². The third kappa shape index (κ3) is 4.82. The molecule has 0 saturated heterocycles. The molecule has 2 nitrogen and oxygen atoms in total. The van der Waals surface area contributed by atoms with E-state index < -0.39 is 0 Å². The maximum atomic E-state index is 11.6. The lowest BCUT2D eigenvalue weighted by molar-refractivity contribution is -0.147. The molecule has 0 spiro atoms. The molecule has 0 saturated carbocycles. The van der Waals surface area contributed by atoms with Crippen LogP contribution < -0.4 is 0 Å². The van der Waals surface area contributed by atoms with Gasteiger partial charge in [0.1, 0.15) is 0 Å². The molecule has 0 aromatic rings. The summed E-state index contributed by atoms with van der Waals surface area (Å²) in [4.78, 5) is 11.6. The molecular weight excluding hydrogens is 188 g/mol. The molecule has 0 N–H and O–H groups in total. The van der Waals surface area contributed by atoms with Gasteiger partial charge in [0.25, 0.3) is 0 Å². The van der Waals surface area contributed by atoms with Gasteiger partial charge in [0, 0.05) is 0 Å². The number of allylic oxidation sites excluding steroid dienone is 4. The maximum Gasteiger partial charge on any atom is 0.309 e. The number of ether oxygens (including phenoxy) is 1. The quantitative estimate of drug-likeness (QED) is 0.514. The van der Waals surface area contributed by atoms with Crippen molar-refractivity contribution in [1.82, 2.24) is 0 Å². The molecule has 84 valence electrons. The van der Waals surface area contributed by atoms with Crippen LogP contribution in [-0.4, -0.2) is 12.6 Å². The van der Waals surface area contributed by atoms with Gasteiger partial charge in [0.2, 0.25) is 0 Å². The summed E-state index contributed by atoms with van der Waals surface area (Å²) in [7, 11) is 0. The van der Waals surface area contributed by atoms with Crippen LogP contribution in [-0.2, 0) is 9.53 Å². The summed E-state index contributed by atoms with van der Waals surface area (Å²) in [5.41, 5.74) is 0. The van der Waals surface area contributed by atoms with Crippen LogP contribution in [0.1, 0.15) is 39.0 Å². The topological polar surface area (TPSA) is 26.3 Å². The minimum absolute atomic E-state index is 0.00977. The van der Waals surface area contributed by atoms with Gasteiger partial charge in [0.05, 0.1) is 12.5 Å². The van der Waals surface area contributed by atoms with Crippen LogP contribution >= 0.6 is 0 Å². The fourth-order valence-corrected chi connectivity index (χ4v) is 1.66. The zero-order valence-corrected chi connectivity index (χ0v) is 9.45. The van der Waals surface area contributed by atoms with Crippen LogP contribution in [0, 0.1) is 5.92 Å². The summed E-state index contributed by atoms with van der Waals surface area (Å²) < 4.78 is 5.04. The van der Waals surface area contributed by atoms with Crippen molar-refractivity contribution in [2.45, 2.75) is 39.0 Å². The average molecular weight is 208 g/mol. The molecule has 0 heterocycles. The third-order valence-electron chi connectivity index (χ3n) is 2.54. The highest BCUT2D eigenvalue weighted by molar-refractivity contribution is 5.72. The molecule has 15 heavy (non-hydrogen) atoms. The van der Waals surface area contributed by atoms with E-state index in [9.17, 15) is 4.79 Å². The van der Waals surface area contributed by atoms with Crippen molar-refractivity contribution in [1.29, 1.82) is 0 Å². The van der Waals surface area contributed by atoms with Gasteiger partial charge < -0.3 is 4.74 Å². The Bertz CT molecular complexity index is 225. The van der Waals surface area contributed by atoms with Crippen LogP contribution in [0.4, 0.5) is 0 Å². The standard InChI is InChI=1S/C13H20O2/c1-2-15-13(14)12-10-8-6-4-3-5-7-9-11-12/h6-9,12H,2-5,10-11H2,1H3. The Labute approximate surface area is 92.0 Å². The first-order chi connectivity index (χ1) is 7.34. The smallest absolute Gasteiger partial charge is 0.309 e. The molecule has 0 fully saturated rings. The van der Waals surface area contributed by atoms with Crippen molar-refractivity contribution < 1.29 is 9.53 Å². The first-order valence-corrected chi connectivity index (χ1v) is 5.81. The summed E-state index contributed by atoms with van der Waals surface area (Å²) in [5.74, 6) is -0.0528. The molecule has 0 aromatic heterocycles. The molecule has 0 amide bonds. The Morgan fingerprint density at radius 1 is 1.20 bits per heavy atom. The molecule has 0 aromatic carbocycles. The van der Waals surface area contributed by atoms with Crippen molar-refractivity contribution in [3.05, 3.63) is 24.3 Å². The molecular formula is C13H20O2. The molecule has 0 aliphatic heterocycles. The number of rotatable bonds is 2. The van der Waals surface area contributed by atoms with Crippen LogP contribution in [0.25, 0.3) is 0 Å². The van der Waals surface area contributed by atoms with Gasteiger partial charge in [-0.15, -0.1) is 0 Å². The Morgan fingerprint density at radius 3 is 2.33 bits per heavy atom. The highest BCUT2D eigenvalue weighted by Crippen LogP contribution is 2.15. The highest BCUT2D eigenvalue weighted by Gasteiger charge is 2.16. The number of esters is 1. The summed E-state index contributed by atoms with van der Waals surface area (Å²) in [5, 5.41) is 0. The van der Waals surface area contributed by atoms with Crippen LogP contribution in [0.5, 0.6) is 0 Å².